The molecule has 1 amide bonds. The highest BCUT2D eigenvalue weighted by molar-refractivity contribution is 5.91. The smallest absolute Gasteiger partial charge is 0.244 e. The fourth-order valence-corrected chi connectivity index (χ4v) is 1.02. The standard InChI is InChI=1S/C12H14N2O/c1-9(5-6-10(2)12(13)15)11-4-3-7-14-8-11/h3-8H,1-2H3,(H2,13,15)/b9-5+,10-6+. The van der Waals surface area contributed by atoms with E-state index in [0.29, 0.717) is 5.57 Å². The summed E-state index contributed by atoms with van der Waals surface area (Å²) in [5, 5.41) is 0. The van der Waals surface area contributed by atoms with Crippen LogP contribution in [0.15, 0.2) is 42.3 Å². The summed E-state index contributed by atoms with van der Waals surface area (Å²) in [6.45, 7) is 3.65. The Kier molecular flexibility index (Phi) is 3.80. The summed E-state index contributed by atoms with van der Waals surface area (Å²) in [4.78, 5) is 14.8. The lowest BCUT2D eigenvalue weighted by Gasteiger charge is -1.98. The molecule has 2 N–H and O–H groups in total. The molecule has 0 bridgehead atoms. The van der Waals surface area contributed by atoms with E-state index >= 15 is 0 Å². The van der Waals surface area contributed by atoms with Gasteiger partial charge in [0.1, 0.15) is 0 Å². The molecule has 15 heavy (non-hydrogen) atoms. The first-order chi connectivity index (χ1) is 7.11. The minimum Gasteiger partial charge on any atom is -0.366 e. The maximum Gasteiger partial charge on any atom is 0.244 e. The molecule has 0 aliphatic heterocycles. The van der Waals surface area contributed by atoms with Crippen LogP contribution in [0, 0.1) is 0 Å². The van der Waals surface area contributed by atoms with Gasteiger partial charge >= 0.3 is 0 Å². The fourth-order valence-electron chi connectivity index (χ4n) is 1.02. The van der Waals surface area contributed by atoms with E-state index in [1.165, 1.54) is 0 Å². The first kappa shape index (κ1) is 11.2. The first-order valence-corrected chi connectivity index (χ1v) is 4.66. The Balaban J connectivity index is 2.86. The van der Waals surface area contributed by atoms with E-state index in [1.807, 2.05) is 25.1 Å². The predicted octanol–water partition coefficient (Wildman–Crippen LogP) is 1.92. The van der Waals surface area contributed by atoms with Gasteiger partial charge in [-0.2, -0.15) is 0 Å². The minimum atomic E-state index is -0.398. The van der Waals surface area contributed by atoms with Crippen molar-refractivity contribution >= 4 is 11.5 Å². The van der Waals surface area contributed by atoms with E-state index in [2.05, 4.69) is 4.98 Å². The van der Waals surface area contributed by atoms with Crippen molar-refractivity contribution in [3.05, 3.63) is 47.8 Å². The molecule has 0 saturated heterocycles. The third kappa shape index (κ3) is 3.38. The Hall–Kier alpha value is -1.90. The van der Waals surface area contributed by atoms with Crippen LogP contribution in [0.1, 0.15) is 19.4 Å². The molecule has 1 rings (SSSR count). The van der Waals surface area contributed by atoms with E-state index < -0.39 is 5.91 Å². The van der Waals surface area contributed by atoms with Gasteiger partial charge in [-0.1, -0.05) is 18.2 Å². The number of nitrogens with two attached hydrogens (primary N) is 1. The second kappa shape index (κ2) is 5.10. The highest BCUT2D eigenvalue weighted by Gasteiger charge is 1.96. The Morgan fingerprint density at radius 2 is 2.13 bits per heavy atom. The van der Waals surface area contributed by atoms with Gasteiger partial charge in [0.25, 0.3) is 0 Å². The van der Waals surface area contributed by atoms with Crippen LogP contribution in [0.2, 0.25) is 0 Å². The molecular weight excluding hydrogens is 188 g/mol. The number of carbonyl (C=O) groups excluding carboxylic acids is 1. The zero-order valence-electron chi connectivity index (χ0n) is 8.90. The number of aromatic nitrogens is 1. The summed E-state index contributed by atoms with van der Waals surface area (Å²) in [6.07, 6.45) is 7.07. The summed E-state index contributed by atoms with van der Waals surface area (Å²) < 4.78 is 0. The molecule has 1 heterocycles. The van der Waals surface area contributed by atoms with Crippen molar-refractivity contribution in [1.82, 2.24) is 4.98 Å². The first-order valence-electron chi connectivity index (χ1n) is 4.66. The lowest BCUT2D eigenvalue weighted by molar-refractivity contribution is -0.114. The average Bonchev–Trinajstić information content (AvgIpc) is 2.26. The molecule has 0 aliphatic rings. The van der Waals surface area contributed by atoms with Crippen molar-refractivity contribution in [1.29, 1.82) is 0 Å². The number of rotatable bonds is 3. The molecule has 1 aromatic heterocycles. The maximum absolute atomic E-state index is 10.8. The molecule has 78 valence electrons. The molecule has 0 saturated carbocycles. The Bertz CT molecular complexity index is 405. The van der Waals surface area contributed by atoms with Crippen LogP contribution in [-0.2, 0) is 4.79 Å². The molecular formula is C12H14N2O. The van der Waals surface area contributed by atoms with Gasteiger partial charge in [-0.3, -0.25) is 9.78 Å². The van der Waals surface area contributed by atoms with Crippen molar-refractivity contribution in [2.75, 3.05) is 0 Å². The van der Waals surface area contributed by atoms with Crippen LogP contribution in [0.25, 0.3) is 5.57 Å². The topological polar surface area (TPSA) is 56.0 Å². The molecule has 0 fully saturated rings. The van der Waals surface area contributed by atoms with E-state index in [9.17, 15) is 4.79 Å². The number of primary amides is 1. The van der Waals surface area contributed by atoms with Crippen LogP contribution in [-0.4, -0.2) is 10.9 Å². The van der Waals surface area contributed by atoms with Crippen LogP contribution >= 0.6 is 0 Å². The van der Waals surface area contributed by atoms with Gasteiger partial charge in [0.05, 0.1) is 0 Å². The van der Waals surface area contributed by atoms with Gasteiger partial charge in [0, 0.05) is 18.0 Å². The Labute approximate surface area is 89.3 Å². The number of hydrogen-bond acceptors (Lipinski definition) is 2. The SMILES string of the molecule is C/C(=C\C=C(/C)c1cccnc1)C(N)=O. The monoisotopic (exact) mass is 202 g/mol. The zero-order valence-corrected chi connectivity index (χ0v) is 8.90. The third-order valence-corrected chi connectivity index (χ3v) is 2.09. The predicted molar refractivity (Wildman–Crippen MR) is 60.8 cm³/mol. The van der Waals surface area contributed by atoms with Crippen LogP contribution in [0.4, 0.5) is 0 Å². The Morgan fingerprint density at radius 1 is 1.40 bits per heavy atom. The van der Waals surface area contributed by atoms with Crippen molar-refractivity contribution in [3.63, 3.8) is 0 Å². The lowest BCUT2D eigenvalue weighted by atomic mass is 10.1. The lowest BCUT2D eigenvalue weighted by Crippen LogP contribution is -2.11. The number of carbonyl (C=O) groups is 1. The minimum absolute atomic E-state index is 0.398. The molecule has 0 radical (unpaired) electrons. The summed E-state index contributed by atoms with van der Waals surface area (Å²) in [7, 11) is 0. The molecule has 3 nitrogen and oxygen atoms in total. The number of allylic oxidation sites excluding steroid dienone is 3. The summed E-state index contributed by atoms with van der Waals surface area (Å²) in [5.41, 5.74) is 7.73. The summed E-state index contributed by atoms with van der Waals surface area (Å²) in [5.74, 6) is -0.398. The summed E-state index contributed by atoms with van der Waals surface area (Å²) >= 11 is 0. The van der Waals surface area contributed by atoms with Crippen LogP contribution in [0.3, 0.4) is 0 Å². The molecule has 0 aromatic carbocycles. The molecule has 3 heteroatoms. The largest absolute Gasteiger partial charge is 0.366 e. The molecule has 0 atom stereocenters. The second-order valence-electron chi connectivity index (χ2n) is 3.31. The Morgan fingerprint density at radius 3 is 2.67 bits per heavy atom. The van der Waals surface area contributed by atoms with Crippen molar-refractivity contribution in [2.24, 2.45) is 5.73 Å². The van der Waals surface area contributed by atoms with E-state index in [1.54, 1.807) is 25.4 Å². The zero-order chi connectivity index (χ0) is 11.3. The quantitative estimate of drug-likeness (QED) is 0.601. The summed E-state index contributed by atoms with van der Waals surface area (Å²) in [6, 6.07) is 3.84. The molecule has 0 unspecified atom stereocenters. The van der Waals surface area contributed by atoms with Gasteiger partial charge < -0.3 is 5.73 Å². The molecule has 0 spiro atoms. The fraction of sp³-hybridized carbons (Fsp3) is 0.167. The second-order valence-corrected chi connectivity index (χ2v) is 3.31. The van der Waals surface area contributed by atoms with Gasteiger partial charge in [0.15, 0.2) is 0 Å². The van der Waals surface area contributed by atoms with Crippen molar-refractivity contribution < 1.29 is 4.79 Å². The van der Waals surface area contributed by atoms with Gasteiger partial charge in [-0.05, 0) is 31.1 Å². The number of amides is 1. The number of nitrogens with zero attached hydrogens (tertiary/aromatic N) is 1. The van der Waals surface area contributed by atoms with Crippen molar-refractivity contribution in [3.8, 4) is 0 Å². The van der Waals surface area contributed by atoms with E-state index in [0.717, 1.165) is 11.1 Å². The third-order valence-electron chi connectivity index (χ3n) is 2.09. The van der Waals surface area contributed by atoms with E-state index in [-0.39, 0.29) is 0 Å². The van der Waals surface area contributed by atoms with Gasteiger partial charge in [0.2, 0.25) is 5.91 Å². The van der Waals surface area contributed by atoms with Crippen LogP contribution in [0.5, 0.6) is 0 Å². The van der Waals surface area contributed by atoms with Gasteiger partial charge in [-0.25, -0.2) is 0 Å². The number of pyridine rings is 1. The molecule has 1 aromatic rings. The maximum atomic E-state index is 10.8. The van der Waals surface area contributed by atoms with E-state index in [4.69, 9.17) is 5.73 Å². The highest BCUT2D eigenvalue weighted by atomic mass is 16.1. The van der Waals surface area contributed by atoms with Crippen molar-refractivity contribution in [2.45, 2.75) is 13.8 Å². The normalized spacial score (nSPS) is 12.7. The number of hydrogen-bond donors (Lipinski definition) is 1. The van der Waals surface area contributed by atoms with Gasteiger partial charge in [-0.15, -0.1) is 0 Å². The highest BCUT2D eigenvalue weighted by Crippen LogP contribution is 2.11. The average molecular weight is 202 g/mol. The molecule has 0 aliphatic carbocycles. The van der Waals surface area contributed by atoms with Crippen LogP contribution < -0.4 is 5.73 Å².